The largest absolute Gasteiger partial charge is 0.457 e. The van der Waals surface area contributed by atoms with Crippen LogP contribution in [0.25, 0.3) is 0 Å². The lowest BCUT2D eigenvalue weighted by Crippen LogP contribution is -2.21. The van der Waals surface area contributed by atoms with Gasteiger partial charge in [-0.2, -0.15) is 0 Å². The third kappa shape index (κ3) is 4.35. The topological polar surface area (TPSA) is 64.6 Å². The summed E-state index contributed by atoms with van der Waals surface area (Å²) in [6, 6.07) is 16.4. The van der Waals surface area contributed by atoms with Crippen LogP contribution < -0.4 is 10.1 Å². The van der Waals surface area contributed by atoms with Crippen LogP contribution >= 0.6 is 0 Å². The number of benzene rings is 2. The number of ether oxygens (including phenoxy) is 2. The lowest BCUT2D eigenvalue weighted by Gasteiger charge is -2.08. The first-order valence-corrected chi connectivity index (χ1v) is 7.91. The summed E-state index contributed by atoms with van der Waals surface area (Å²) in [4.78, 5) is 23.4. The Morgan fingerprint density at radius 3 is 2.29 bits per heavy atom. The minimum absolute atomic E-state index is 0.0350. The van der Waals surface area contributed by atoms with E-state index in [1.165, 1.54) is 0 Å². The highest BCUT2D eigenvalue weighted by atomic mass is 16.5. The summed E-state index contributed by atoms with van der Waals surface area (Å²) >= 11 is 0. The molecule has 0 aliphatic heterocycles. The molecule has 24 heavy (non-hydrogen) atoms. The lowest BCUT2D eigenvalue weighted by molar-refractivity contribution is -0.148. The van der Waals surface area contributed by atoms with E-state index in [4.69, 9.17) is 9.47 Å². The van der Waals surface area contributed by atoms with Gasteiger partial charge in [0.05, 0.1) is 5.92 Å². The molecule has 0 aromatic heterocycles. The molecule has 1 N–H and O–H groups in total. The highest BCUT2D eigenvalue weighted by molar-refractivity contribution is 5.93. The van der Waals surface area contributed by atoms with Crippen LogP contribution in [-0.2, 0) is 14.3 Å². The van der Waals surface area contributed by atoms with Crippen molar-refractivity contribution in [3.05, 3.63) is 54.6 Å². The summed E-state index contributed by atoms with van der Waals surface area (Å²) in [5, 5.41) is 2.69. The molecule has 2 atom stereocenters. The number of amides is 1. The minimum atomic E-state index is -0.353. The van der Waals surface area contributed by atoms with E-state index in [1.54, 1.807) is 24.3 Å². The zero-order valence-electron chi connectivity index (χ0n) is 13.4. The van der Waals surface area contributed by atoms with Crippen molar-refractivity contribution in [3.63, 3.8) is 0 Å². The standard InChI is InChI=1S/C19H19NO4/c1-13-11-17(13)19(22)23-12-18(21)20-14-7-9-16(10-8-14)24-15-5-3-2-4-6-15/h2-10,13,17H,11-12H2,1H3,(H,20,21)/t13-,17+/m0/s1. The fourth-order valence-corrected chi connectivity index (χ4v) is 2.32. The van der Waals surface area contributed by atoms with Crippen LogP contribution in [-0.4, -0.2) is 18.5 Å². The fourth-order valence-electron chi connectivity index (χ4n) is 2.32. The Balaban J connectivity index is 1.47. The van der Waals surface area contributed by atoms with Crippen molar-refractivity contribution in [2.24, 2.45) is 11.8 Å². The Bertz CT molecular complexity index is 712. The van der Waals surface area contributed by atoms with E-state index in [0.29, 0.717) is 17.4 Å². The van der Waals surface area contributed by atoms with Gasteiger partial charge in [-0.1, -0.05) is 25.1 Å². The first-order chi connectivity index (χ1) is 11.6. The monoisotopic (exact) mass is 325 g/mol. The molecule has 124 valence electrons. The average Bonchev–Trinajstić information content (AvgIpc) is 3.32. The van der Waals surface area contributed by atoms with Crippen LogP contribution in [0.5, 0.6) is 11.5 Å². The fraction of sp³-hybridized carbons (Fsp3) is 0.263. The molecule has 1 saturated carbocycles. The summed E-state index contributed by atoms with van der Waals surface area (Å²) in [6.07, 6.45) is 0.851. The molecular formula is C19H19NO4. The predicted molar refractivity (Wildman–Crippen MR) is 89.8 cm³/mol. The normalized spacial score (nSPS) is 18.5. The van der Waals surface area contributed by atoms with Gasteiger partial charge in [0.25, 0.3) is 5.91 Å². The van der Waals surface area contributed by atoms with Gasteiger partial charge in [-0.3, -0.25) is 9.59 Å². The van der Waals surface area contributed by atoms with Gasteiger partial charge < -0.3 is 14.8 Å². The molecule has 3 rings (SSSR count). The molecular weight excluding hydrogens is 306 g/mol. The van der Waals surface area contributed by atoms with Gasteiger partial charge in [-0.05, 0) is 48.7 Å². The molecule has 1 amide bonds. The third-order valence-electron chi connectivity index (χ3n) is 3.87. The Morgan fingerprint density at radius 2 is 1.67 bits per heavy atom. The molecule has 2 aromatic rings. The number of carbonyl (C=O) groups excluding carboxylic acids is 2. The van der Waals surface area contributed by atoms with Gasteiger partial charge in [-0.25, -0.2) is 0 Å². The van der Waals surface area contributed by atoms with E-state index < -0.39 is 0 Å². The van der Waals surface area contributed by atoms with E-state index >= 15 is 0 Å². The Hall–Kier alpha value is -2.82. The molecule has 5 nitrogen and oxygen atoms in total. The molecule has 0 unspecified atom stereocenters. The number of anilines is 1. The first kappa shape index (κ1) is 16.1. The second kappa shape index (κ2) is 7.17. The van der Waals surface area contributed by atoms with Gasteiger partial charge >= 0.3 is 5.97 Å². The van der Waals surface area contributed by atoms with E-state index in [0.717, 1.165) is 12.2 Å². The smallest absolute Gasteiger partial charge is 0.309 e. The molecule has 1 fully saturated rings. The molecule has 0 spiro atoms. The third-order valence-corrected chi connectivity index (χ3v) is 3.87. The summed E-state index contributed by atoms with van der Waals surface area (Å²) in [7, 11) is 0. The summed E-state index contributed by atoms with van der Waals surface area (Å²) < 4.78 is 10.7. The van der Waals surface area contributed by atoms with Crippen LogP contribution in [0.15, 0.2) is 54.6 Å². The predicted octanol–water partition coefficient (Wildman–Crippen LogP) is 3.62. The molecule has 0 bridgehead atoms. The SMILES string of the molecule is C[C@H]1C[C@H]1C(=O)OCC(=O)Nc1ccc(Oc2ccccc2)cc1. The molecule has 0 saturated heterocycles. The van der Waals surface area contributed by atoms with Crippen molar-refractivity contribution in [1.29, 1.82) is 0 Å². The summed E-state index contributed by atoms with van der Waals surface area (Å²) in [5.41, 5.74) is 0.622. The van der Waals surface area contributed by atoms with Crippen LogP contribution in [0.2, 0.25) is 0 Å². The van der Waals surface area contributed by atoms with Gasteiger partial charge in [0.2, 0.25) is 0 Å². The Kier molecular flexibility index (Phi) is 4.79. The van der Waals surface area contributed by atoms with Crippen molar-refractivity contribution in [2.75, 3.05) is 11.9 Å². The number of para-hydroxylation sites is 1. The van der Waals surface area contributed by atoms with Gasteiger partial charge in [0.15, 0.2) is 6.61 Å². The Labute approximate surface area is 140 Å². The van der Waals surface area contributed by atoms with E-state index in [1.807, 2.05) is 37.3 Å². The molecule has 0 heterocycles. The quantitative estimate of drug-likeness (QED) is 0.824. The van der Waals surface area contributed by atoms with Gasteiger partial charge in [0, 0.05) is 5.69 Å². The molecule has 2 aromatic carbocycles. The van der Waals surface area contributed by atoms with Crippen molar-refractivity contribution < 1.29 is 19.1 Å². The zero-order chi connectivity index (χ0) is 16.9. The zero-order valence-corrected chi connectivity index (χ0v) is 13.4. The van der Waals surface area contributed by atoms with Crippen molar-refractivity contribution >= 4 is 17.6 Å². The second-order valence-corrected chi connectivity index (χ2v) is 5.91. The molecule has 5 heteroatoms. The summed E-state index contributed by atoms with van der Waals surface area (Å²) in [6.45, 7) is 1.73. The van der Waals surface area contributed by atoms with Gasteiger partial charge in [-0.15, -0.1) is 0 Å². The number of nitrogens with one attached hydrogen (secondary N) is 1. The van der Waals surface area contributed by atoms with E-state index in [2.05, 4.69) is 5.32 Å². The number of esters is 1. The molecule has 1 aliphatic carbocycles. The number of hydrogen-bond donors (Lipinski definition) is 1. The van der Waals surface area contributed by atoms with E-state index in [-0.39, 0.29) is 24.4 Å². The van der Waals surface area contributed by atoms with Gasteiger partial charge in [0.1, 0.15) is 11.5 Å². The Morgan fingerprint density at radius 1 is 1.04 bits per heavy atom. The maximum Gasteiger partial charge on any atom is 0.309 e. The van der Waals surface area contributed by atoms with Crippen LogP contribution in [0, 0.1) is 11.8 Å². The van der Waals surface area contributed by atoms with Crippen molar-refractivity contribution in [1.82, 2.24) is 0 Å². The molecule has 0 radical (unpaired) electrons. The van der Waals surface area contributed by atoms with Crippen molar-refractivity contribution in [2.45, 2.75) is 13.3 Å². The maximum atomic E-state index is 11.8. The van der Waals surface area contributed by atoms with Crippen molar-refractivity contribution in [3.8, 4) is 11.5 Å². The van der Waals surface area contributed by atoms with E-state index in [9.17, 15) is 9.59 Å². The lowest BCUT2D eigenvalue weighted by atomic mass is 10.3. The van der Waals surface area contributed by atoms with Crippen LogP contribution in [0.4, 0.5) is 5.69 Å². The average molecular weight is 325 g/mol. The van der Waals surface area contributed by atoms with Crippen LogP contribution in [0.3, 0.4) is 0 Å². The highest BCUT2D eigenvalue weighted by Gasteiger charge is 2.40. The molecule has 1 aliphatic rings. The number of carbonyl (C=O) groups is 2. The number of hydrogen-bond acceptors (Lipinski definition) is 4. The summed E-state index contributed by atoms with van der Waals surface area (Å²) in [5.74, 6) is 1.12. The highest BCUT2D eigenvalue weighted by Crippen LogP contribution is 2.38. The maximum absolute atomic E-state index is 11.8. The van der Waals surface area contributed by atoms with Crippen LogP contribution in [0.1, 0.15) is 13.3 Å². The first-order valence-electron chi connectivity index (χ1n) is 7.91. The minimum Gasteiger partial charge on any atom is -0.457 e. The second-order valence-electron chi connectivity index (χ2n) is 5.91. The number of rotatable bonds is 6.